The van der Waals surface area contributed by atoms with E-state index in [-0.39, 0.29) is 22.4 Å². The fourth-order valence-electron chi connectivity index (χ4n) is 5.06. The number of carbonyl (C=O) groups excluding carboxylic acids is 1. The van der Waals surface area contributed by atoms with Gasteiger partial charge in [-0.05, 0) is 67.6 Å². The molecule has 1 aromatic heterocycles. The molecule has 1 unspecified atom stereocenters. The Morgan fingerprint density at radius 3 is 2.30 bits per heavy atom. The van der Waals surface area contributed by atoms with Crippen molar-refractivity contribution < 1.29 is 27.9 Å². The van der Waals surface area contributed by atoms with E-state index in [1.807, 2.05) is 0 Å². The first-order valence-corrected chi connectivity index (χ1v) is 15.7. The number of carbonyl (C=O) groups is 2. The molecule has 40 heavy (non-hydrogen) atoms. The van der Waals surface area contributed by atoms with Crippen LogP contribution in [0, 0.1) is 0 Å². The number of ether oxygens (including phenoxy) is 1. The van der Waals surface area contributed by atoms with E-state index >= 15 is 0 Å². The Labute approximate surface area is 237 Å². The second-order valence-electron chi connectivity index (χ2n) is 10.0. The van der Waals surface area contributed by atoms with Gasteiger partial charge in [0.25, 0.3) is 0 Å². The molecule has 10 nitrogen and oxygen atoms in total. The smallest absolute Gasteiger partial charge is 0.335 e. The molecule has 2 heterocycles. The van der Waals surface area contributed by atoms with Gasteiger partial charge < -0.3 is 15.2 Å². The van der Waals surface area contributed by atoms with E-state index < -0.39 is 22.0 Å². The summed E-state index contributed by atoms with van der Waals surface area (Å²) in [6.07, 6.45) is 8.55. The lowest BCUT2D eigenvalue weighted by Crippen LogP contribution is -2.40. The second-order valence-corrected chi connectivity index (χ2v) is 13.0. The van der Waals surface area contributed by atoms with Crippen molar-refractivity contribution in [2.24, 2.45) is 0 Å². The molecule has 2 fully saturated rings. The van der Waals surface area contributed by atoms with Crippen LogP contribution in [0.4, 0.5) is 5.13 Å². The largest absolute Gasteiger partial charge is 0.478 e. The molecule has 0 radical (unpaired) electrons. The predicted octanol–water partition coefficient (Wildman–Crippen LogP) is 5.02. The van der Waals surface area contributed by atoms with E-state index in [4.69, 9.17) is 9.84 Å². The fraction of sp³-hybridized carbons (Fsp3) is 0.393. The van der Waals surface area contributed by atoms with Gasteiger partial charge in [-0.1, -0.05) is 42.7 Å². The summed E-state index contributed by atoms with van der Waals surface area (Å²) in [5.74, 6) is -0.867. The number of hydrogen-bond acceptors (Lipinski definition) is 8. The van der Waals surface area contributed by atoms with Crippen molar-refractivity contribution in [3.8, 4) is 10.8 Å². The van der Waals surface area contributed by atoms with Gasteiger partial charge in [-0.2, -0.15) is 4.31 Å². The molecule has 5 rings (SSSR count). The van der Waals surface area contributed by atoms with E-state index in [1.165, 1.54) is 29.1 Å². The number of amides is 1. The summed E-state index contributed by atoms with van der Waals surface area (Å²) in [5.41, 5.74) is 0.831. The van der Waals surface area contributed by atoms with Crippen LogP contribution in [0.1, 0.15) is 66.9 Å². The third-order valence-electron chi connectivity index (χ3n) is 7.22. The average molecular weight is 585 g/mol. The van der Waals surface area contributed by atoms with Gasteiger partial charge in [-0.3, -0.25) is 10.1 Å². The SMILES string of the molecule is O=C(O)c1ccc(Oc2cnc(NC(=O)C(NC3CCCCC3)c3ccc(S(=O)(=O)N4CCCC4)cc3)s2)cc1. The summed E-state index contributed by atoms with van der Waals surface area (Å²) < 4.78 is 33.2. The van der Waals surface area contributed by atoms with Gasteiger partial charge in [0.2, 0.25) is 21.0 Å². The Balaban J connectivity index is 1.30. The third-order valence-corrected chi connectivity index (χ3v) is 9.92. The number of nitrogens with one attached hydrogen (secondary N) is 2. The molecule has 212 valence electrons. The molecular formula is C28H32N4O6S2. The fourth-order valence-corrected chi connectivity index (χ4v) is 7.27. The average Bonchev–Trinajstić information content (AvgIpc) is 3.66. The number of aromatic nitrogens is 1. The number of anilines is 1. The monoisotopic (exact) mass is 584 g/mol. The minimum absolute atomic E-state index is 0.155. The zero-order chi connectivity index (χ0) is 28.1. The third kappa shape index (κ3) is 6.69. The highest BCUT2D eigenvalue weighted by Crippen LogP contribution is 2.32. The second kappa shape index (κ2) is 12.5. The number of rotatable bonds is 10. The number of carboxylic acids is 1. The first-order valence-electron chi connectivity index (χ1n) is 13.4. The van der Waals surface area contributed by atoms with Crippen molar-refractivity contribution in [3.05, 3.63) is 65.9 Å². The van der Waals surface area contributed by atoms with E-state index in [0.717, 1.165) is 49.9 Å². The summed E-state index contributed by atoms with van der Waals surface area (Å²) in [4.78, 5) is 29.1. The highest BCUT2D eigenvalue weighted by atomic mass is 32.2. The number of aromatic carboxylic acids is 1. The molecule has 2 aromatic carbocycles. The van der Waals surface area contributed by atoms with Gasteiger partial charge in [0, 0.05) is 19.1 Å². The lowest BCUT2D eigenvalue weighted by atomic mass is 9.94. The number of nitrogens with zero attached hydrogens (tertiary/aromatic N) is 2. The standard InChI is InChI=1S/C28H32N4O6S2/c33-26(31-28-29-18-24(39-28)38-22-12-8-20(9-13-22)27(34)35)25(30-21-6-2-1-3-7-21)19-10-14-23(15-11-19)40(36,37)32-16-4-5-17-32/h8-15,18,21,25,30H,1-7,16-17H2,(H,34,35)(H,29,31,33). The summed E-state index contributed by atoms with van der Waals surface area (Å²) in [6.45, 7) is 1.07. The first-order chi connectivity index (χ1) is 19.3. The first kappa shape index (κ1) is 28.2. The highest BCUT2D eigenvalue weighted by molar-refractivity contribution is 7.89. The normalized spacial score (nSPS) is 17.4. The zero-order valence-electron chi connectivity index (χ0n) is 21.9. The predicted molar refractivity (Wildman–Crippen MR) is 151 cm³/mol. The van der Waals surface area contributed by atoms with Crippen molar-refractivity contribution in [3.63, 3.8) is 0 Å². The molecule has 3 N–H and O–H groups in total. The van der Waals surface area contributed by atoms with Gasteiger partial charge in [0.1, 0.15) is 11.8 Å². The van der Waals surface area contributed by atoms with Crippen molar-refractivity contribution in [1.29, 1.82) is 0 Å². The van der Waals surface area contributed by atoms with Crippen molar-refractivity contribution in [2.75, 3.05) is 18.4 Å². The quantitative estimate of drug-likeness (QED) is 0.302. The Morgan fingerprint density at radius 2 is 1.65 bits per heavy atom. The Hall–Kier alpha value is -3.32. The Morgan fingerprint density at radius 1 is 0.975 bits per heavy atom. The minimum atomic E-state index is -3.55. The van der Waals surface area contributed by atoms with Gasteiger partial charge in [0.05, 0.1) is 16.7 Å². The van der Waals surface area contributed by atoms with Crippen LogP contribution in [0.3, 0.4) is 0 Å². The topological polar surface area (TPSA) is 138 Å². The van der Waals surface area contributed by atoms with Crippen molar-refractivity contribution in [2.45, 2.75) is 61.9 Å². The van der Waals surface area contributed by atoms with Crippen LogP contribution in [-0.2, 0) is 14.8 Å². The molecule has 1 saturated heterocycles. The minimum Gasteiger partial charge on any atom is -0.478 e. The maximum Gasteiger partial charge on any atom is 0.335 e. The van der Waals surface area contributed by atoms with Crippen molar-refractivity contribution >= 4 is 38.4 Å². The molecule has 1 saturated carbocycles. The maximum atomic E-state index is 13.5. The van der Waals surface area contributed by atoms with E-state index in [2.05, 4.69) is 15.6 Å². The van der Waals surface area contributed by atoms with Crippen LogP contribution in [0.5, 0.6) is 10.8 Å². The Kier molecular flexibility index (Phi) is 8.79. The van der Waals surface area contributed by atoms with Gasteiger partial charge in [-0.25, -0.2) is 18.2 Å². The number of thiazole rings is 1. The molecule has 1 amide bonds. The molecule has 12 heteroatoms. The molecule has 0 bridgehead atoms. The van der Waals surface area contributed by atoms with Crippen LogP contribution < -0.4 is 15.4 Å². The maximum absolute atomic E-state index is 13.5. The van der Waals surface area contributed by atoms with Crippen LogP contribution >= 0.6 is 11.3 Å². The molecule has 2 aliphatic rings. The number of benzene rings is 2. The van der Waals surface area contributed by atoms with E-state index in [9.17, 15) is 18.0 Å². The zero-order valence-corrected chi connectivity index (χ0v) is 23.5. The van der Waals surface area contributed by atoms with E-state index in [0.29, 0.717) is 34.6 Å². The summed E-state index contributed by atoms with van der Waals surface area (Å²) >= 11 is 1.15. The van der Waals surface area contributed by atoms with Crippen LogP contribution in [0.2, 0.25) is 0 Å². The molecule has 3 aromatic rings. The number of sulfonamides is 1. The van der Waals surface area contributed by atoms with Gasteiger partial charge >= 0.3 is 5.97 Å². The molecule has 1 aliphatic heterocycles. The Bertz CT molecular complexity index is 1430. The molecule has 1 aliphatic carbocycles. The summed E-state index contributed by atoms with van der Waals surface area (Å²) in [5, 5.41) is 16.2. The lowest BCUT2D eigenvalue weighted by Gasteiger charge is -2.28. The number of hydrogen-bond donors (Lipinski definition) is 3. The van der Waals surface area contributed by atoms with Crippen LogP contribution in [0.25, 0.3) is 0 Å². The summed E-state index contributed by atoms with van der Waals surface area (Å²) in [6, 6.07) is 12.1. The highest BCUT2D eigenvalue weighted by Gasteiger charge is 2.29. The van der Waals surface area contributed by atoms with E-state index in [1.54, 1.807) is 36.4 Å². The van der Waals surface area contributed by atoms with Crippen LogP contribution in [-0.4, -0.2) is 53.8 Å². The molecule has 0 spiro atoms. The number of carboxylic acid groups (broad SMARTS) is 1. The molecular weight excluding hydrogens is 552 g/mol. The lowest BCUT2D eigenvalue weighted by molar-refractivity contribution is -0.118. The molecule has 1 atom stereocenters. The van der Waals surface area contributed by atoms with Gasteiger partial charge in [-0.15, -0.1) is 0 Å². The van der Waals surface area contributed by atoms with Gasteiger partial charge in [0.15, 0.2) is 5.13 Å². The van der Waals surface area contributed by atoms with Crippen molar-refractivity contribution in [1.82, 2.24) is 14.6 Å². The summed E-state index contributed by atoms with van der Waals surface area (Å²) in [7, 11) is -3.55. The van der Waals surface area contributed by atoms with Crippen LogP contribution in [0.15, 0.2) is 59.6 Å².